The van der Waals surface area contributed by atoms with Gasteiger partial charge in [-0.05, 0) is 124 Å². The lowest BCUT2D eigenvalue weighted by Crippen LogP contribution is -2.66. The van der Waals surface area contributed by atoms with E-state index < -0.39 is 100 Å². The Bertz CT molecular complexity index is 2130. The van der Waals surface area contributed by atoms with Gasteiger partial charge in [0.1, 0.15) is 46.9 Å². The summed E-state index contributed by atoms with van der Waals surface area (Å²) in [5.74, 6) is -6.29. The quantitative estimate of drug-likeness (QED) is 0.0242. The molecule has 1 heterocycles. The first-order chi connectivity index (χ1) is 38.0. The van der Waals surface area contributed by atoms with Gasteiger partial charge in [0.05, 0.1) is 6.10 Å². The molecule has 470 valence electrons. The lowest BCUT2D eigenvalue weighted by Gasteiger charge is -2.38. The maximum atomic E-state index is 14.6. The molecular weight excluding hydrogens is 1050 g/mol. The number of unbranched alkanes of at least 4 members (excludes halogenated alkanes) is 5. The van der Waals surface area contributed by atoms with Crippen LogP contribution in [-0.2, 0) is 47.9 Å². The molecule has 0 aliphatic carbocycles. The van der Waals surface area contributed by atoms with Crippen LogP contribution in [0.2, 0.25) is 0 Å². The van der Waals surface area contributed by atoms with Crippen LogP contribution in [0.1, 0.15) is 194 Å². The monoisotopic (exact) mass is 1160 g/mol. The molecule has 0 saturated carbocycles. The highest BCUT2D eigenvalue weighted by molar-refractivity contribution is 6.00. The zero-order valence-corrected chi connectivity index (χ0v) is 53.3. The molecule has 0 aromatic rings. The van der Waals surface area contributed by atoms with Gasteiger partial charge in [-0.1, -0.05) is 113 Å². The predicted molar refractivity (Wildman–Crippen MR) is 319 cm³/mol. The van der Waals surface area contributed by atoms with E-state index in [0.29, 0.717) is 38.8 Å². The fraction of sp³-hybridized carbons (Fsp3) is 0.800. The minimum absolute atomic E-state index is 0.0207. The third-order valence-electron chi connectivity index (χ3n) is 14.6. The largest absolute Gasteiger partial charge is 0.390 e. The Morgan fingerprint density at radius 2 is 1.21 bits per heavy atom. The Hall–Kier alpha value is -5.64. The van der Waals surface area contributed by atoms with Crippen LogP contribution in [0.5, 0.6) is 0 Å². The number of nitrogens with zero attached hydrogens (tertiary/aromatic N) is 3. The molecule has 82 heavy (non-hydrogen) atoms. The molecule has 1 fully saturated rings. The lowest BCUT2D eigenvalue weighted by molar-refractivity contribution is -0.145. The van der Waals surface area contributed by atoms with Crippen LogP contribution in [0.25, 0.3) is 0 Å². The Labute approximate surface area is 491 Å². The van der Waals surface area contributed by atoms with Crippen molar-refractivity contribution in [3.63, 3.8) is 0 Å². The number of carbonyl (C=O) groups is 10. The Kier molecular flexibility index (Phi) is 32.2. The molecule has 1 aliphatic rings. The normalized spacial score (nSPS) is 16.6. The van der Waals surface area contributed by atoms with E-state index in [1.165, 1.54) is 52.5 Å². The van der Waals surface area contributed by atoms with Crippen molar-refractivity contribution in [3.8, 4) is 0 Å². The molecule has 0 spiro atoms. The Morgan fingerprint density at radius 3 is 1.76 bits per heavy atom. The van der Waals surface area contributed by atoms with Crippen molar-refractivity contribution in [2.45, 2.75) is 253 Å². The number of carbonyl (C=O) groups excluding carboxylic acids is 10. The summed E-state index contributed by atoms with van der Waals surface area (Å²) in [7, 11) is 3.79. The summed E-state index contributed by atoms with van der Waals surface area (Å²) in [6.07, 6.45) is 9.50. The molecule has 1 saturated heterocycles. The van der Waals surface area contributed by atoms with E-state index in [1.807, 2.05) is 73.5 Å². The summed E-state index contributed by atoms with van der Waals surface area (Å²) >= 11 is 0. The van der Waals surface area contributed by atoms with Crippen LogP contribution in [-0.4, -0.2) is 172 Å². The van der Waals surface area contributed by atoms with Crippen molar-refractivity contribution < 1.29 is 53.1 Å². The Balaban J connectivity index is 3.38. The first-order valence-corrected chi connectivity index (χ1v) is 30.1. The highest BCUT2D eigenvalue weighted by atomic mass is 16.3. The van der Waals surface area contributed by atoms with Crippen molar-refractivity contribution in [2.24, 2.45) is 23.7 Å². The topological polar surface area (TPSA) is 297 Å². The zero-order chi connectivity index (χ0) is 62.9. The maximum absolute atomic E-state index is 14.6. The third-order valence-corrected chi connectivity index (χ3v) is 14.6. The molecule has 9 N–H and O–H groups in total. The van der Waals surface area contributed by atoms with Crippen molar-refractivity contribution in [3.05, 3.63) is 12.2 Å². The maximum Gasteiger partial charge on any atom is 0.247 e. The summed E-state index contributed by atoms with van der Waals surface area (Å²) in [4.78, 5) is 143. The molecule has 1 aliphatic heterocycles. The van der Waals surface area contributed by atoms with Crippen molar-refractivity contribution >= 4 is 59.6 Å². The molecule has 0 unspecified atom stereocenters. The molecule has 10 amide bonds. The minimum atomic E-state index is -1.76. The number of allylic oxidation sites excluding steroid dienone is 1. The van der Waals surface area contributed by atoms with Crippen LogP contribution in [0.4, 0.5) is 0 Å². The first kappa shape index (κ1) is 74.4. The van der Waals surface area contributed by atoms with Crippen LogP contribution in [0.3, 0.4) is 0 Å². The van der Waals surface area contributed by atoms with Gasteiger partial charge in [-0.15, -0.1) is 0 Å². The average Bonchev–Trinajstić information content (AvgIpc) is 3.89. The molecular formula is C60H109N11O11. The average molecular weight is 1160 g/mol. The summed E-state index contributed by atoms with van der Waals surface area (Å²) in [5.41, 5.74) is -4.82. The summed E-state index contributed by atoms with van der Waals surface area (Å²) < 4.78 is 0. The van der Waals surface area contributed by atoms with Crippen LogP contribution < -0.4 is 42.5 Å². The second-order valence-corrected chi connectivity index (χ2v) is 25.6. The number of aliphatic hydroxyl groups is 1. The lowest BCUT2D eigenvalue weighted by atomic mass is 9.95. The molecule has 1 rings (SSSR count). The van der Waals surface area contributed by atoms with Crippen molar-refractivity contribution in [2.75, 3.05) is 33.7 Å². The standard InChI is InChI=1S/C60H109N11O11/c1-19-21-22-23-24-25-27-45(71(37-72)47-28-26-33-70(47)48(74)30-29-41(9)20-2)53(78)65-49(50(75)40(7)8)54(79)67-59(13,14)56(81)64-43(34-38(3)4)51(76)63-44(35-39(5)6)52(77)66-60(15,16)57(82)68-58(11,12)55(80)61-32-31-46(73)62-42(10)36-69(17)18/h29-30,37-45,47,49-50,75H,19-28,31-36H2,1-18H3,(H,61,80)(H,62,73)(H,63,76)(H,64,81)(H,65,78)(H,66,77)(H,67,79)(H,68,82)/b30-29+/t41-,42-,43-,44-,45-,47+,49-,50+/m0/s1. The van der Waals surface area contributed by atoms with Crippen LogP contribution >= 0.6 is 0 Å². The van der Waals surface area contributed by atoms with Gasteiger partial charge in [0.2, 0.25) is 59.6 Å². The summed E-state index contributed by atoms with van der Waals surface area (Å²) in [6.45, 7) is 28.4. The molecule has 0 aromatic carbocycles. The molecule has 8 atom stereocenters. The highest BCUT2D eigenvalue weighted by Crippen LogP contribution is 2.26. The molecule has 22 nitrogen and oxygen atoms in total. The van der Waals surface area contributed by atoms with Crippen LogP contribution in [0, 0.1) is 23.7 Å². The van der Waals surface area contributed by atoms with Crippen molar-refractivity contribution in [1.82, 2.24) is 57.2 Å². The van der Waals surface area contributed by atoms with Gasteiger partial charge in [0.25, 0.3) is 0 Å². The fourth-order valence-electron chi connectivity index (χ4n) is 9.48. The van der Waals surface area contributed by atoms with Gasteiger partial charge in [0, 0.05) is 32.1 Å². The number of rotatable bonds is 38. The van der Waals surface area contributed by atoms with Gasteiger partial charge in [-0.25, -0.2) is 0 Å². The summed E-state index contributed by atoms with van der Waals surface area (Å²) in [6, 6.07) is -5.23. The second-order valence-electron chi connectivity index (χ2n) is 25.6. The van der Waals surface area contributed by atoms with E-state index in [4.69, 9.17) is 0 Å². The fourth-order valence-corrected chi connectivity index (χ4v) is 9.48. The molecule has 0 radical (unpaired) electrons. The Morgan fingerprint density at radius 1 is 0.659 bits per heavy atom. The zero-order valence-electron chi connectivity index (χ0n) is 53.3. The molecule has 0 aromatic heterocycles. The number of likely N-dealkylation sites (tertiary alicyclic amines) is 1. The smallest absolute Gasteiger partial charge is 0.247 e. The van der Waals surface area contributed by atoms with Crippen LogP contribution in [0.15, 0.2) is 12.2 Å². The van der Waals surface area contributed by atoms with E-state index in [-0.39, 0.29) is 67.8 Å². The van der Waals surface area contributed by atoms with Gasteiger partial charge in [0.15, 0.2) is 0 Å². The second kappa shape index (κ2) is 35.5. The highest BCUT2D eigenvalue weighted by Gasteiger charge is 2.43. The van der Waals surface area contributed by atoms with E-state index in [0.717, 1.165) is 38.5 Å². The number of hydrogen-bond acceptors (Lipinski definition) is 12. The minimum Gasteiger partial charge on any atom is -0.390 e. The summed E-state index contributed by atoms with van der Waals surface area (Å²) in [5, 5.41) is 33.5. The number of likely N-dealkylation sites (N-methyl/N-ethyl adjacent to an activating group) is 1. The first-order valence-electron chi connectivity index (χ1n) is 30.1. The van der Waals surface area contributed by atoms with E-state index >= 15 is 0 Å². The number of nitrogens with one attached hydrogen (secondary N) is 8. The SMILES string of the molecule is CCCCCCCC[C@@H](C(=O)N[C@H](C(=O)NC(C)(C)C(=O)N[C@@H](CC(C)C)C(=O)N[C@@H](CC(C)C)C(=O)NC(C)(C)C(=O)NC(C)(C)C(=O)NCCC(=O)N[C@@H](C)CN(C)C)[C@H](O)C(C)C)N(C=O)[C@@H]1CCCN1C(=O)/C=C/[C@@H](C)CC. The van der Waals surface area contributed by atoms with Gasteiger partial charge < -0.3 is 62.3 Å². The van der Waals surface area contributed by atoms with Gasteiger partial charge in [-0.2, -0.15) is 0 Å². The number of aliphatic hydroxyl groups excluding tert-OH is 1. The van der Waals surface area contributed by atoms with Gasteiger partial charge in [-0.3, -0.25) is 47.9 Å². The van der Waals surface area contributed by atoms with E-state index in [1.54, 1.807) is 18.7 Å². The number of hydrogen-bond donors (Lipinski definition) is 9. The molecule has 22 heteroatoms. The van der Waals surface area contributed by atoms with Crippen molar-refractivity contribution in [1.29, 1.82) is 0 Å². The molecule has 0 bridgehead atoms. The number of amides is 10. The van der Waals surface area contributed by atoms with Gasteiger partial charge >= 0.3 is 0 Å². The predicted octanol–water partition coefficient (Wildman–Crippen LogP) is 3.94. The van der Waals surface area contributed by atoms with E-state index in [9.17, 15) is 53.1 Å². The third kappa shape index (κ3) is 25.9. The van der Waals surface area contributed by atoms with E-state index in [2.05, 4.69) is 49.5 Å².